The van der Waals surface area contributed by atoms with Crippen LogP contribution in [0.2, 0.25) is 0 Å². The molecule has 2 amide bonds. The SMILES string of the molecule is COC(=O)C(Cc1ccccc1)NC(=O)NCc1ccc(C2OC(CSc3ncn[nH]3)C(C)C(c3ccc(CO)cc3)O2)cc1. The van der Waals surface area contributed by atoms with Gasteiger partial charge in [0.25, 0.3) is 0 Å². The zero-order valence-corrected chi connectivity index (χ0v) is 25.9. The van der Waals surface area contributed by atoms with E-state index in [4.69, 9.17) is 14.2 Å². The largest absolute Gasteiger partial charge is 0.467 e. The molecular weight excluding hydrogens is 594 g/mol. The minimum atomic E-state index is -0.814. The van der Waals surface area contributed by atoms with Gasteiger partial charge in [-0.3, -0.25) is 5.10 Å². The fourth-order valence-electron chi connectivity index (χ4n) is 5.10. The summed E-state index contributed by atoms with van der Waals surface area (Å²) in [6.07, 6.45) is 0.798. The first kappa shape index (κ1) is 32.2. The number of nitrogens with one attached hydrogen (secondary N) is 3. The molecule has 1 aromatic heterocycles. The van der Waals surface area contributed by atoms with Gasteiger partial charge in [-0.05, 0) is 22.3 Å². The molecule has 11 nitrogen and oxygen atoms in total. The van der Waals surface area contributed by atoms with Gasteiger partial charge in [0.05, 0.1) is 25.9 Å². The number of hydrogen-bond donors (Lipinski definition) is 4. The number of hydrogen-bond acceptors (Lipinski definition) is 9. The van der Waals surface area contributed by atoms with Gasteiger partial charge in [-0.15, -0.1) is 0 Å². The van der Waals surface area contributed by atoms with Crippen molar-refractivity contribution >= 4 is 23.8 Å². The van der Waals surface area contributed by atoms with Crippen LogP contribution in [0.1, 0.15) is 47.1 Å². The van der Waals surface area contributed by atoms with Gasteiger partial charge in [0.2, 0.25) is 0 Å². The molecule has 0 radical (unpaired) electrons. The Morgan fingerprint density at radius 3 is 2.36 bits per heavy atom. The van der Waals surface area contributed by atoms with Gasteiger partial charge < -0.3 is 30.0 Å². The van der Waals surface area contributed by atoms with Crippen LogP contribution in [0, 0.1) is 5.92 Å². The van der Waals surface area contributed by atoms with Crippen molar-refractivity contribution in [3.05, 3.63) is 113 Å². The lowest BCUT2D eigenvalue weighted by atomic mass is 9.91. The third-order valence-electron chi connectivity index (χ3n) is 7.68. The zero-order chi connectivity index (χ0) is 31.6. The topological polar surface area (TPSA) is 148 Å². The number of aliphatic hydroxyl groups is 1. The van der Waals surface area contributed by atoms with Crippen LogP contribution >= 0.6 is 11.8 Å². The Kier molecular flexibility index (Phi) is 11.2. The minimum absolute atomic E-state index is 0.0219. The van der Waals surface area contributed by atoms with Gasteiger partial charge in [-0.2, -0.15) is 5.10 Å². The number of carbonyl (C=O) groups excluding carboxylic acids is 2. The van der Waals surface area contributed by atoms with E-state index < -0.39 is 24.3 Å². The highest BCUT2D eigenvalue weighted by molar-refractivity contribution is 7.99. The van der Waals surface area contributed by atoms with Crippen molar-refractivity contribution in [2.75, 3.05) is 12.9 Å². The van der Waals surface area contributed by atoms with E-state index in [1.807, 2.05) is 78.9 Å². The maximum atomic E-state index is 12.7. The number of ether oxygens (including phenoxy) is 3. The Bertz CT molecular complexity index is 1510. The summed E-state index contributed by atoms with van der Waals surface area (Å²) in [5.41, 5.74) is 4.46. The molecule has 5 rings (SSSR count). The maximum Gasteiger partial charge on any atom is 0.328 e. The molecule has 0 spiro atoms. The second kappa shape index (κ2) is 15.7. The number of amides is 2. The van der Waals surface area contributed by atoms with Crippen LogP contribution in [0.4, 0.5) is 4.79 Å². The monoisotopic (exact) mass is 631 g/mol. The predicted octanol–water partition coefficient (Wildman–Crippen LogP) is 4.46. The Balaban J connectivity index is 1.22. The first-order chi connectivity index (χ1) is 21.9. The van der Waals surface area contributed by atoms with E-state index in [1.54, 1.807) is 0 Å². The number of thioether (sulfide) groups is 1. The molecule has 236 valence electrons. The lowest BCUT2D eigenvalue weighted by Crippen LogP contribution is -2.47. The number of benzene rings is 3. The highest BCUT2D eigenvalue weighted by Crippen LogP contribution is 2.42. The van der Waals surface area contributed by atoms with Crippen LogP contribution in [0.5, 0.6) is 0 Å². The van der Waals surface area contributed by atoms with E-state index in [2.05, 4.69) is 32.7 Å². The summed E-state index contributed by atoms with van der Waals surface area (Å²) >= 11 is 1.54. The number of nitrogens with zero attached hydrogens (tertiary/aromatic N) is 2. The summed E-state index contributed by atoms with van der Waals surface area (Å²) in [6, 6.07) is 23.6. The van der Waals surface area contributed by atoms with Crippen molar-refractivity contribution in [1.82, 2.24) is 25.8 Å². The average molecular weight is 632 g/mol. The number of carbonyl (C=O) groups is 2. The molecule has 1 aliphatic rings. The van der Waals surface area contributed by atoms with Crippen LogP contribution < -0.4 is 10.6 Å². The number of aromatic amines is 1. The van der Waals surface area contributed by atoms with E-state index in [1.165, 1.54) is 25.2 Å². The minimum Gasteiger partial charge on any atom is -0.467 e. The number of H-pyrrole nitrogens is 1. The normalized spacial score (nSPS) is 20.2. The molecule has 45 heavy (non-hydrogen) atoms. The van der Waals surface area contributed by atoms with E-state index in [0.29, 0.717) is 12.2 Å². The van der Waals surface area contributed by atoms with Gasteiger partial charge >= 0.3 is 12.0 Å². The Hall–Kier alpha value is -4.23. The number of rotatable bonds is 12. The molecule has 0 bridgehead atoms. The molecule has 3 aromatic carbocycles. The van der Waals surface area contributed by atoms with Gasteiger partial charge in [-0.1, -0.05) is 97.5 Å². The molecule has 1 fully saturated rings. The Morgan fingerprint density at radius 2 is 1.69 bits per heavy atom. The third kappa shape index (κ3) is 8.70. The number of aromatic nitrogens is 3. The highest BCUT2D eigenvalue weighted by atomic mass is 32.2. The van der Waals surface area contributed by atoms with E-state index >= 15 is 0 Å². The molecule has 4 aromatic rings. The van der Waals surface area contributed by atoms with Crippen LogP contribution in [0.25, 0.3) is 0 Å². The van der Waals surface area contributed by atoms with Gasteiger partial charge in [0.1, 0.15) is 12.4 Å². The molecule has 1 saturated heterocycles. The summed E-state index contributed by atoms with van der Waals surface area (Å²) in [5, 5.41) is 22.6. The molecule has 2 heterocycles. The molecule has 5 atom stereocenters. The number of esters is 1. The van der Waals surface area contributed by atoms with Crippen molar-refractivity contribution in [1.29, 1.82) is 0 Å². The summed E-state index contributed by atoms with van der Waals surface area (Å²) in [6.45, 7) is 2.34. The van der Waals surface area contributed by atoms with Crippen molar-refractivity contribution < 1.29 is 28.9 Å². The van der Waals surface area contributed by atoms with Gasteiger partial charge in [0, 0.05) is 30.2 Å². The highest BCUT2D eigenvalue weighted by Gasteiger charge is 2.38. The standard InChI is InChI=1S/C33H37N5O6S/c1-21-28(19-45-33-35-20-36-38-33)43-31(44-29(21)25-12-10-24(18-39)11-13-25)26-14-8-23(9-15-26)17-34-32(41)37-27(30(40)42-2)16-22-6-4-3-5-7-22/h3-15,20-21,27-29,31,39H,16-19H2,1-2H3,(H2,34,37,41)(H,35,36,38). The van der Waals surface area contributed by atoms with E-state index in [0.717, 1.165) is 33.0 Å². The van der Waals surface area contributed by atoms with Crippen molar-refractivity contribution in [3.8, 4) is 0 Å². The van der Waals surface area contributed by atoms with Crippen LogP contribution in [0.15, 0.2) is 90.3 Å². The molecule has 5 unspecified atom stereocenters. The molecule has 1 aliphatic heterocycles. The summed E-state index contributed by atoms with van der Waals surface area (Å²) in [5.74, 6) is 0.171. The lowest BCUT2D eigenvalue weighted by Gasteiger charge is -2.41. The molecule has 0 saturated carbocycles. The fourth-order valence-corrected chi connectivity index (χ4v) is 6.05. The average Bonchev–Trinajstić information content (AvgIpc) is 3.61. The predicted molar refractivity (Wildman–Crippen MR) is 168 cm³/mol. The third-order valence-corrected chi connectivity index (χ3v) is 8.64. The quantitative estimate of drug-likeness (QED) is 0.131. The van der Waals surface area contributed by atoms with Crippen LogP contribution in [-0.4, -0.2) is 57.3 Å². The zero-order valence-electron chi connectivity index (χ0n) is 25.1. The molecule has 0 aliphatic carbocycles. The smallest absolute Gasteiger partial charge is 0.328 e. The number of methoxy groups -OCH3 is 1. The Morgan fingerprint density at radius 1 is 0.978 bits per heavy atom. The van der Waals surface area contributed by atoms with Crippen molar-refractivity contribution in [3.63, 3.8) is 0 Å². The van der Waals surface area contributed by atoms with Crippen LogP contribution in [0.3, 0.4) is 0 Å². The van der Waals surface area contributed by atoms with Crippen LogP contribution in [-0.2, 0) is 38.6 Å². The second-order valence-corrected chi connectivity index (χ2v) is 11.8. The summed E-state index contributed by atoms with van der Waals surface area (Å²) < 4.78 is 17.9. The summed E-state index contributed by atoms with van der Waals surface area (Å²) in [7, 11) is 1.30. The fraction of sp³-hybridized carbons (Fsp3) is 0.333. The van der Waals surface area contributed by atoms with E-state index in [9.17, 15) is 14.7 Å². The first-order valence-corrected chi connectivity index (χ1v) is 15.7. The Labute approximate surface area is 266 Å². The van der Waals surface area contributed by atoms with Gasteiger partial charge in [0.15, 0.2) is 11.4 Å². The molecule has 12 heteroatoms. The molecule has 4 N–H and O–H groups in total. The number of urea groups is 1. The van der Waals surface area contributed by atoms with E-state index in [-0.39, 0.29) is 31.3 Å². The lowest BCUT2D eigenvalue weighted by molar-refractivity contribution is -0.268. The number of aliphatic hydroxyl groups excluding tert-OH is 1. The summed E-state index contributed by atoms with van der Waals surface area (Å²) in [4.78, 5) is 29.2. The van der Waals surface area contributed by atoms with Crippen molar-refractivity contribution in [2.45, 2.75) is 56.2 Å². The maximum absolute atomic E-state index is 12.7. The first-order valence-electron chi connectivity index (χ1n) is 14.7. The molecular formula is C33H37N5O6S. The van der Waals surface area contributed by atoms with Crippen molar-refractivity contribution in [2.24, 2.45) is 5.92 Å². The van der Waals surface area contributed by atoms with Gasteiger partial charge in [-0.25, -0.2) is 14.6 Å². The second-order valence-electron chi connectivity index (χ2n) is 10.8.